The van der Waals surface area contributed by atoms with Crippen LogP contribution in [0.4, 0.5) is 5.69 Å². The third-order valence-electron chi connectivity index (χ3n) is 3.75. The second-order valence-electron chi connectivity index (χ2n) is 5.61. The van der Waals surface area contributed by atoms with Crippen LogP contribution in [0.5, 0.6) is 0 Å². The molecular formula is C18H24N2O2S. The minimum absolute atomic E-state index is 0.0221. The monoisotopic (exact) mass is 332 g/mol. The van der Waals surface area contributed by atoms with Gasteiger partial charge in [-0.3, -0.25) is 4.79 Å². The van der Waals surface area contributed by atoms with Crippen LogP contribution in [-0.4, -0.2) is 23.7 Å². The van der Waals surface area contributed by atoms with Crippen LogP contribution in [0.25, 0.3) is 0 Å². The lowest BCUT2D eigenvalue weighted by atomic mass is 10.1. The average Bonchev–Trinajstić information content (AvgIpc) is 3.09. The summed E-state index contributed by atoms with van der Waals surface area (Å²) in [7, 11) is 0. The number of carbonyl (C=O) groups excluding carboxylic acids is 1. The molecule has 124 valence electrons. The van der Waals surface area contributed by atoms with Gasteiger partial charge in [0.15, 0.2) is 0 Å². The molecule has 3 N–H and O–H groups in total. The maximum absolute atomic E-state index is 11.9. The van der Waals surface area contributed by atoms with Crippen LogP contribution in [0, 0.1) is 0 Å². The molecule has 4 nitrogen and oxygen atoms in total. The van der Waals surface area contributed by atoms with E-state index in [1.54, 1.807) is 11.3 Å². The molecule has 1 aromatic carbocycles. The molecule has 1 aromatic heterocycles. The summed E-state index contributed by atoms with van der Waals surface area (Å²) in [5.41, 5.74) is 2.00. The predicted octanol–water partition coefficient (Wildman–Crippen LogP) is 3.35. The van der Waals surface area contributed by atoms with E-state index >= 15 is 0 Å². The summed E-state index contributed by atoms with van der Waals surface area (Å²) in [6.07, 6.45) is 1.06. The van der Waals surface area contributed by atoms with Crippen LogP contribution in [0.15, 0.2) is 41.8 Å². The molecule has 1 heterocycles. The predicted molar refractivity (Wildman–Crippen MR) is 95.8 cm³/mol. The first-order valence-electron chi connectivity index (χ1n) is 7.91. The molecule has 5 heteroatoms. The van der Waals surface area contributed by atoms with Crippen molar-refractivity contribution in [3.8, 4) is 0 Å². The molecule has 23 heavy (non-hydrogen) atoms. The van der Waals surface area contributed by atoms with Crippen LogP contribution in [-0.2, 0) is 11.2 Å². The van der Waals surface area contributed by atoms with Gasteiger partial charge in [0.05, 0.1) is 25.1 Å². The number of thiophene rings is 1. The molecule has 0 bridgehead atoms. The van der Waals surface area contributed by atoms with Gasteiger partial charge in [0.1, 0.15) is 0 Å². The second kappa shape index (κ2) is 8.70. The van der Waals surface area contributed by atoms with Crippen molar-refractivity contribution in [1.29, 1.82) is 0 Å². The Labute approximate surface area is 141 Å². The highest BCUT2D eigenvalue weighted by Crippen LogP contribution is 2.23. The number of anilines is 1. The second-order valence-corrected chi connectivity index (χ2v) is 6.59. The first kappa shape index (κ1) is 17.5. The third-order valence-corrected chi connectivity index (χ3v) is 4.81. The number of hydrogen-bond donors (Lipinski definition) is 3. The normalized spacial score (nSPS) is 13.3. The van der Waals surface area contributed by atoms with E-state index in [0.717, 1.165) is 17.7 Å². The van der Waals surface area contributed by atoms with Crippen molar-refractivity contribution in [3.05, 3.63) is 52.2 Å². The Hall–Kier alpha value is -1.85. The summed E-state index contributed by atoms with van der Waals surface area (Å²) in [6, 6.07) is 12.2. The highest BCUT2D eigenvalue weighted by Gasteiger charge is 2.10. The lowest BCUT2D eigenvalue weighted by Crippen LogP contribution is -2.37. The number of carbonyl (C=O) groups is 1. The maximum Gasteiger partial charge on any atom is 0.224 e. The van der Waals surface area contributed by atoms with Gasteiger partial charge in [0, 0.05) is 10.6 Å². The number of hydrogen-bond acceptors (Lipinski definition) is 4. The topological polar surface area (TPSA) is 61.4 Å². The number of nitrogens with one attached hydrogen (secondary N) is 2. The minimum Gasteiger partial charge on any atom is -0.394 e. The third kappa shape index (κ3) is 5.37. The van der Waals surface area contributed by atoms with Gasteiger partial charge in [-0.1, -0.05) is 25.1 Å². The lowest BCUT2D eigenvalue weighted by Gasteiger charge is -2.15. The molecule has 0 aliphatic rings. The summed E-state index contributed by atoms with van der Waals surface area (Å²) >= 11 is 1.74. The van der Waals surface area contributed by atoms with Crippen molar-refractivity contribution < 1.29 is 9.90 Å². The van der Waals surface area contributed by atoms with Crippen LogP contribution < -0.4 is 10.6 Å². The van der Waals surface area contributed by atoms with Gasteiger partial charge >= 0.3 is 0 Å². The van der Waals surface area contributed by atoms with Crippen LogP contribution >= 0.6 is 11.3 Å². The fourth-order valence-electron chi connectivity index (χ4n) is 2.32. The minimum atomic E-state index is -0.157. The summed E-state index contributed by atoms with van der Waals surface area (Å²) in [5, 5.41) is 17.5. The molecule has 2 atom stereocenters. The Morgan fingerprint density at radius 1 is 1.26 bits per heavy atom. The average molecular weight is 332 g/mol. The molecule has 0 spiro atoms. The Morgan fingerprint density at radius 3 is 2.57 bits per heavy atom. The Bertz CT molecular complexity index is 592. The van der Waals surface area contributed by atoms with Crippen molar-refractivity contribution in [1.82, 2.24) is 5.32 Å². The van der Waals surface area contributed by atoms with E-state index in [0.29, 0.717) is 6.42 Å². The van der Waals surface area contributed by atoms with Crippen molar-refractivity contribution in [3.63, 3.8) is 0 Å². The number of rotatable bonds is 8. The molecule has 0 aliphatic carbocycles. The maximum atomic E-state index is 11.9. The lowest BCUT2D eigenvalue weighted by molar-refractivity contribution is -0.121. The van der Waals surface area contributed by atoms with E-state index in [1.165, 1.54) is 4.88 Å². The molecule has 0 saturated carbocycles. The highest BCUT2D eigenvalue weighted by molar-refractivity contribution is 7.10. The Balaban J connectivity index is 1.88. The smallest absolute Gasteiger partial charge is 0.224 e. The van der Waals surface area contributed by atoms with E-state index in [1.807, 2.05) is 31.2 Å². The standard InChI is InChI=1S/C18H24N2O2S/c1-3-15(12-21)20-18(22)11-14-6-8-16(9-7-14)19-13(2)17-5-4-10-23-17/h4-10,13,15,19,21H,3,11-12H2,1-2H3,(H,20,22). The molecule has 2 unspecified atom stereocenters. The van der Waals surface area contributed by atoms with Crippen molar-refractivity contribution in [2.75, 3.05) is 11.9 Å². The Morgan fingerprint density at radius 2 is 2.00 bits per heavy atom. The van der Waals surface area contributed by atoms with E-state index < -0.39 is 0 Å². The molecule has 2 rings (SSSR count). The zero-order valence-electron chi connectivity index (χ0n) is 13.6. The van der Waals surface area contributed by atoms with Gasteiger partial charge in [0.25, 0.3) is 0 Å². The van der Waals surface area contributed by atoms with Crippen molar-refractivity contribution in [2.24, 2.45) is 0 Å². The molecule has 1 amide bonds. The summed E-state index contributed by atoms with van der Waals surface area (Å²) in [5.74, 6) is -0.0569. The van der Waals surface area contributed by atoms with Gasteiger partial charge in [-0.05, 0) is 42.5 Å². The van der Waals surface area contributed by atoms with Crippen LogP contribution in [0.3, 0.4) is 0 Å². The van der Waals surface area contributed by atoms with E-state index in [-0.39, 0.29) is 24.6 Å². The highest BCUT2D eigenvalue weighted by atomic mass is 32.1. The fraction of sp³-hybridized carbons (Fsp3) is 0.389. The van der Waals surface area contributed by atoms with Crippen LogP contribution in [0.2, 0.25) is 0 Å². The molecule has 0 saturated heterocycles. The fourth-order valence-corrected chi connectivity index (χ4v) is 3.05. The molecule has 0 fully saturated rings. The summed E-state index contributed by atoms with van der Waals surface area (Å²) in [4.78, 5) is 13.2. The zero-order chi connectivity index (χ0) is 16.7. The van der Waals surface area contributed by atoms with Gasteiger partial charge in [-0.25, -0.2) is 0 Å². The van der Waals surface area contributed by atoms with Crippen LogP contribution in [0.1, 0.15) is 36.8 Å². The van der Waals surface area contributed by atoms with E-state index in [2.05, 4.69) is 35.1 Å². The van der Waals surface area contributed by atoms with E-state index in [4.69, 9.17) is 5.11 Å². The van der Waals surface area contributed by atoms with Gasteiger partial charge in [-0.15, -0.1) is 11.3 Å². The zero-order valence-corrected chi connectivity index (χ0v) is 14.4. The number of benzene rings is 1. The summed E-state index contributed by atoms with van der Waals surface area (Å²) < 4.78 is 0. The van der Waals surface area contributed by atoms with Gasteiger partial charge < -0.3 is 15.7 Å². The molecule has 0 aliphatic heterocycles. The Kier molecular flexibility index (Phi) is 6.62. The number of amides is 1. The SMILES string of the molecule is CCC(CO)NC(=O)Cc1ccc(NC(C)c2cccs2)cc1. The van der Waals surface area contributed by atoms with Gasteiger partial charge in [-0.2, -0.15) is 0 Å². The van der Waals surface area contributed by atoms with Crippen molar-refractivity contribution >= 4 is 22.9 Å². The van der Waals surface area contributed by atoms with E-state index in [9.17, 15) is 4.79 Å². The van der Waals surface area contributed by atoms with Crippen molar-refractivity contribution in [2.45, 2.75) is 38.8 Å². The molecule has 2 aromatic rings. The first-order valence-corrected chi connectivity index (χ1v) is 8.79. The molecule has 0 radical (unpaired) electrons. The number of aliphatic hydroxyl groups excluding tert-OH is 1. The number of aliphatic hydroxyl groups is 1. The molecular weight excluding hydrogens is 308 g/mol. The summed E-state index contributed by atoms with van der Waals surface area (Å²) in [6.45, 7) is 4.05. The quantitative estimate of drug-likeness (QED) is 0.695. The first-order chi connectivity index (χ1) is 11.1. The largest absolute Gasteiger partial charge is 0.394 e. The van der Waals surface area contributed by atoms with Gasteiger partial charge in [0.2, 0.25) is 5.91 Å².